The van der Waals surface area contributed by atoms with E-state index in [0.29, 0.717) is 17.1 Å². The second kappa shape index (κ2) is 4.52. The summed E-state index contributed by atoms with van der Waals surface area (Å²) in [5, 5.41) is 3.31. The normalized spacial score (nSPS) is 13.6. The fourth-order valence-electron chi connectivity index (χ4n) is 1.74. The van der Waals surface area contributed by atoms with Crippen LogP contribution in [0.3, 0.4) is 0 Å². The van der Waals surface area contributed by atoms with Gasteiger partial charge in [0.15, 0.2) is 17.3 Å². The number of carbonyl (C=O) groups excluding carboxylic acids is 1. The summed E-state index contributed by atoms with van der Waals surface area (Å²) < 4.78 is 10.6. The second-order valence-corrected chi connectivity index (χ2v) is 5.72. The zero-order chi connectivity index (χ0) is 13.3. The minimum atomic E-state index is 0.0182. The lowest BCUT2D eigenvalue weighted by Crippen LogP contribution is -2.20. The van der Waals surface area contributed by atoms with Gasteiger partial charge in [0.1, 0.15) is 0 Å². The van der Waals surface area contributed by atoms with E-state index in [0.717, 1.165) is 12.2 Å². The van der Waals surface area contributed by atoms with Crippen molar-refractivity contribution in [3.05, 3.63) is 17.7 Å². The number of nitrogens with one attached hydrogen (secondary N) is 1. The molecule has 0 aromatic heterocycles. The molecule has 0 fully saturated rings. The summed E-state index contributed by atoms with van der Waals surface area (Å²) >= 11 is 0. The summed E-state index contributed by atoms with van der Waals surface area (Å²) in [6.07, 6.45) is 0. The van der Waals surface area contributed by atoms with Gasteiger partial charge in [0, 0.05) is 23.9 Å². The van der Waals surface area contributed by atoms with Gasteiger partial charge in [-0.05, 0) is 18.4 Å². The van der Waals surface area contributed by atoms with E-state index in [4.69, 9.17) is 9.47 Å². The highest BCUT2D eigenvalue weighted by molar-refractivity contribution is 6.00. The molecule has 18 heavy (non-hydrogen) atoms. The third-order valence-electron chi connectivity index (χ3n) is 2.70. The maximum absolute atomic E-state index is 11.7. The number of carbonyl (C=O) groups is 1. The van der Waals surface area contributed by atoms with Crippen LogP contribution in [0.2, 0.25) is 0 Å². The molecule has 4 nitrogen and oxygen atoms in total. The van der Waals surface area contributed by atoms with Crippen LogP contribution in [0.25, 0.3) is 0 Å². The van der Waals surface area contributed by atoms with Crippen LogP contribution in [0.15, 0.2) is 12.1 Å². The van der Waals surface area contributed by atoms with Gasteiger partial charge < -0.3 is 14.8 Å². The molecule has 1 aliphatic heterocycles. The Bertz CT molecular complexity index is 475. The van der Waals surface area contributed by atoms with E-state index < -0.39 is 0 Å². The monoisotopic (exact) mass is 249 g/mol. The Balaban J connectivity index is 2.30. The average Bonchev–Trinajstić information content (AvgIpc) is 2.70. The molecule has 1 aromatic carbocycles. The maximum atomic E-state index is 11.7. The van der Waals surface area contributed by atoms with E-state index in [2.05, 4.69) is 26.1 Å². The molecule has 1 N–H and O–H groups in total. The van der Waals surface area contributed by atoms with Crippen molar-refractivity contribution in [3.8, 4) is 11.5 Å². The van der Waals surface area contributed by atoms with Crippen LogP contribution in [0, 0.1) is 5.41 Å². The molecule has 0 bridgehead atoms. The first kappa shape index (κ1) is 12.7. The van der Waals surface area contributed by atoms with E-state index in [9.17, 15) is 4.79 Å². The van der Waals surface area contributed by atoms with Gasteiger partial charge in [0.05, 0.1) is 0 Å². The largest absolute Gasteiger partial charge is 0.454 e. The minimum Gasteiger partial charge on any atom is -0.454 e. The van der Waals surface area contributed by atoms with Gasteiger partial charge in [-0.25, -0.2) is 0 Å². The lowest BCUT2D eigenvalue weighted by atomic mass is 9.96. The molecule has 1 aliphatic rings. The standard InChI is InChI=1S/C14H19NO3/c1-9(16)10-5-12-13(18-8-17-12)6-11(10)15-7-14(2,3)4/h5-6,15H,7-8H2,1-4H3. The highest BCUT2D eigenvalue weighted by Crippen LogP contribution is 2.37. The molecule has 0 aliphatic carbocycles. The molecular formula is C14H19NO3. The van der Waals surface area contributed by atoms with Gasteiger partial charge in [-0.1, -0.05) is 20.8 Å². The summed E-state index contributed by atoms with van der Waals surface area (Å²) in [4.78, 5) is 11.7. The molecule has 0 saturated carbocycles. The molecule has 1 heterocycles. The van der Waals surface area contributed by atoms with Crippen LogP contribution in [0.1, 0.15) is 38.1 Å². The molecule has 0 amide bonds. The second-order valence-electron chi connectivity index (χ2n) is 5.72. The van der Waals surface area contributed by atoms with Crippen LogP contribution < -0.4 is 14.8 Å². The average molecular weight is 249 g/mol. The van der Waals surface area contributed by atoms with E-state index in [1.54, 1.807) is 13.0 Å². The van der Waals surface area contributed by atoms with E-state index in [-0.39, 0.29) is 18.0 Å². The van der Waals surface area contributed by atoms with Gasteiger partial charge in [-0.3, -0.25) is 4.79 Å². The Morgan fingerprint density at radius 3 is 2.44 bits per heavy atom. The van der Waals surface area contributed by atoms with Crippen LogP contribution in [0.4, 0.5) is 5.69 Å². The summed E-state index contributed by atoms with van der Waals surface area (Å²) in [7, 11) is 0. The highest BCUT2D eigenvalue weighted by atomic mass is 16.7. The molecule has 1 aromatic rings. The van der Waals surface area contributed by atoms with Crippen molar-refractivity contribution >= 4 is 11.5 Å². The zero-order valence-corrected chi connectivity index (χ0v) is 11.3. The first-order valence-electron chi connectivity index (χ1n) is 6.05. The third-order valence-corrected chi connectivity index (χ3v) is 2.70. The number of rotatable bonds is 3. The van der Waals surface area contributed by atoms with Gasteiger partial charge in [0.25, 0.3) is 0 Å². The number of ketones is 1. The van der Waals surface area contributed by atoms with Crippen LogP contribution >= 0.6 is 0 Å². The van der Waals surface area contributed by atoms with E-state index >= 15 is 0 Å². The predicted molar refractivity (Wildman–Crippen MR) is 70.5 cm³/mol. The molecule has 0 saturated heterocycles. The lowest BCUT2D eigenvalue weighted by Gasteiger charge is -2.21. The smallest absolute Gasteiger partial charge is 0.231 e. The first-order valence-corrected chi connectivity index (χ1v) is 6.05. The summed E-state index contributed by atoms with van der Waals surface area (Å²) in [6.45, 7) is 8.98. The van der Waals surface area contributed by atoms with Gasteiger partial charge in [-0.2, -0.15) is 0 Å². The third kappa shape index (κ3) is 2.75. The number of Topliss-reactive ketones (excluding diaryl/α,β-unsaturated/α-hetero) is 1. The number of benzene rings is 1. The van der Waals surface area contributed by atoms with Crippen molar-refractivity contribution in [3.63, 3.8) is 0 Å². The van der Waals surface area contributed by atoms with Crippen molar-refractivity contribution in [2.75, 3.05) is 18.7 Å². The van der Waals surface area contributed by atoms with Crippen molar-refractivity contribution < 1.29 is 14.3 Å². The number of anilines is 1. The highest BCUT2D eigenvalue weighted by Gasteiger charge is 2.20. The Morgan fingerprint density at radius 2 is 1.89 bits per heavy atom. The zero-order valence-electron chi connectivity index (χ0n) is 11.3. The van der Waals surface area contributed by atoms with E-state index in [1.807, 2.05) is 6.07 Å². The summed E-state index contributed by atoms with van der Waals surface area (Å²) in [5.74, 6) is 1.35. The quantitative estimate of drug-likeness (QED) is 0.836. The molecule has 4 heteroatoms. The number of fused-ring (bicyclic) bond motifs is 1. The number of ether oxygens (including phenoxy) is 2. The number of hydrogen-bond acceptors (Lipinski definition) is 4. The summed E-state index contributed by atoms with van der Waals surface area (Å²) in [6, 6.07) is 3.58. The fraction of sp³-hybridized carbons (Fsp3) is 0.500. The van der Waals surface area contributed by atoms with Crippen LogP contribution in [-0.4, -0.2) is 19.1 Å². The minimum absolute atomic E-state index is 0.0182. The molecule has 2 rings (SSSR count). The molecule has 0 radical (unpaired) electrons. The van der Waals surface area contributed by atoms with Crippen molar-refractivity contribution in [1.29, 1.82) is 0 Å². The van der Waals surface area contributed by atoms with Gasteiger partial charge >= 0.3 is 0 Å². The van der Waals surface area contributed by atoms with Crippen molar-refractivity contribution in [1.82, 2.24) is 0 Å². The Labute approximate surface area is 107 Å². The fourth-order valence-corrected chi connectivity index (χ4v) is 1.74. The topological polar surface area (TPSA) is 47.6 Å². The SMILES string of the molecule is CC(=O)c1cc2c(cc1NCC(C)(C)C)OCO2. The van der Waals surface area contributed by atoms with Crippen molar-refractivity contribution in [2.45, 2.75) is 27.7 Å². The Morgan fingerprint density at radius 1 is 1.28 bits per heavy atom. The Hall–Kier alpha value is -1.71. The number of hydrogen-bond donors (Lipinski definition) is 1. The van der Waals surface area contributed by atoms with Gasteiger partial charge in [-0.15, -0.1) is 0 Å². The predicted octanol–water partition coefficient (Wildman–Crippen LogP) is 3.08. The van der Waals surface area contributed by atoms with E-state index in [1.165, 1.54) is 0 Å². The Kier molecular flexibility index (Phi) is 3.20. The summed E-state index contributed by atoms with van der Waals surface area (Å²) in [5.41, 5.74) is 1.59. The first-order chi connectivity index (χ1) is 8.37. The molecule has 0 spiro atoms. The van der Waals surface area contributed by atoms with Crippen molar-refractivity contribution in [2.24, 2.45) is 5.41 Å². The molecule has 0 atom stereocenters. The van der Waals surface area contributed by atoms with Crippen LogP contribution in [0.5, 0.6) is 11.5 Å². The lowest BCUT2D eigenvalue weighted by molar-refractivity contribution is 0.101. The molecule has 98 valence electrons. The van der Waals surface area contributed by atoms with Gasteiger partial charge in [0.2, 0.25) is 6.79 Å². The van der Waals surface area contributed by atoms with Crippen LogP contribution in [-0.2, 0) is 0 Å². The molecule has 0 unspecified atom stereocenters. The maximum Gasteiger partial charge on any atom is 0.231 e. The molecular weight excluding hydrogens is 230 g/mol.